The fourth-order valence-electron chi connectivity index (χ4n) is 3.86. The predicted molar refractivity (Wildman–Crippen MR) is 103 cm³/mol. The standard InChI is InChI=1S/C20H23N3O2S/c1-22-10-5-7-16(22)17-6-3-2-4-11-23(17)20(25)14-8-9-18-15(12-14)21-19(24)13-26-18/h5,7-10,12,17H,2-4,6,11,13H2,1H3,(H,21,24)/t17-/m0/s1. The number of carbonyl (C=O) groups is 2. The maximum Gasteiger partial charge on any atom is 0.254 e. The van der Waals surface area contributed by atoms with Crippen LogP contribution < -0.4 is 5.32 Å². The summed E-state index contributed by atoms with van der Waals surface area (Å²) in [5.41, 5.74) is 2.58. The van der Waals surface area contributed by atoms with Gasteiger partial charge in [-0.15, -0.1) is 11.8 Å². The van der Waals surface area contributed by atoms with Crippen molar-refractivity contribution in [1.29, 1.82) is 0 Å². The number of hydrogen-bond acceptors (Lipinski definition) is 3. The summed E-state index contributed by atoms with van der Waals surface area (Å²) >= 11 is 1.52. The molecule has 1 N–H and O–H groups in total. The number of aromatic nitrogens is 1. The largest absolute Gasteiger partial charge is 0.353 e. The fraction of sp³-hybridized carbons (Fsp3) is 0.400. The van der Waals surface area contributed by atoms with Crippen LogP contribution in [0.3, 0.4) is 0 Å². The molecule has 2 aliphatic rings. The normalized spacial score (nSPS) is 20.3. The van der Waals surface area contributed by atoms with Crippen LogP contribution in [-0.2, 0) is 11.8 Å². The monoisotopic (exact) mass is 369 g/mol. The van der Waals surface area contributed by atoms with Crippen LogP contribution in [0.4, 0.5) is 5.69 Å². The number of likely N-dealkylation sites (tertiary alicyclic amines) is 1. The van der Waals surface area contributed by atoms with E-state index in [4.69, 9.17) is 0 Å². The lowest BCUT2D eigenvalue weighted by atomic mass is 10.0. The SMILES string of the molecule is Cn1cccc1[C@@H]1CCCCCN1C(=O)c1ccc2c(c1)NC(=O)CS2. The number of hydrogen-bond donors (Lipinski definition) is 1. The van der Waals surface area contributed by atoms with Gasteiger partial charge < -0.3 is 14.8 Å². The smallest absolute Gasteiger partial charge is 0.254 e. The van der Waals surface area contributed by atoms with E-state index in [1.807, 2.05) is 42.4 Å². The third-order valence-electron chi connectivity index (χ3n) is 5.20. The molecule has 1 atom stereocenters. The maximum atomic E-state index is 13.3. The highest BCUT2D eigenvalue weighted by molar-refractivity contribution is 8.00. The predicted octanol–water partition coefficient (Wildman–Crippen LogP) is 3.83. The Kier molecular flexibility index (Phi) is 4.76. The van der Waals surface area contributed by atoms with Crippen LogP contribution in [0, 0.1) is 0 Å². The van der Waals surface area contributed by atoms with Crippen molar-refractivity contribution in [3.63, 3.8) is 0 Å². The van der Waals surface area contributed by atoms with Crippen molar-refractivity contribution in [3.8, 4) is 0 Å². The van der Waals surface area contributed by atoms with Gasteiger partial charge in [-0.25, -0.2) is 0 Å². The number of nitrogens with zero attached hydrogens (tertiary/aromatic N) is 2. The summed E-state index contributed by atoms with van der Waals surface area (Å²) in [6.45, 7) is 0.771. The molecule has 0 radical (unpaired) electrons. The van der Waals surface area contributed by atoms with Crippen LogP contribution in [0.15, 0.2) is 41.4 Å². The van der Waals surface area contributed by atoms with Gasteiger partial charge in [0.2, 0.25) is 5.91 Å². The van der Waals surface area contributed by atoms with Gasteiger partial charge in [-0.2, -0.15) is 0 Å². The Labute approximate surface area is 157 Å². The maximum absolute atomic E-state index is 13.3. The van der Waals surface area contributed by atoms with Gasteiger partial charge >= 0.3 is 0 Å². The first-order valence-electron chi connectivity index (χ1n) is 9.12. The quantitative estimate of drug-likeness (QED) is 0.875. The number of benzene rings is 1. The molecule has 0 unspecified atom stereocenters. The molecule has 2 amide bonds. The highest BCUT2D eigenvalue weighted by Gasteiger charge is 2.29. The first-order valence-corrected chi connectivity index (χ1v) is 10.1. The summed E-state index contributed by atoms with van der Waals surface area (Å²) in [7, 11) is 2.04. The number of carbonyl (C=O) groups excluding carboxylic acids is 2. The molecular weight excluding hydrogens is 346 g/mol. The Morgan fingerprint density at radius 2 is 2.12 bits per heavy atom. The Hall–Kier alpha value is -2.21. The van der Waals surface area contributed by atoms with E-state index in [2.05, 4.69) is 16.0 Å². The van der Waals surface area contributed by atoms with Gasteiger partial charge in [0.05, 0.1) is 17.5 Å². The van der Waals surface area contributed by atoms with E-state index in [-0.39, 0.29) is 17.9 Å². The second-order valence-electron chi connectivity index (χ2n) is 6.96. The van der Waals surface area contributed by atoms with Crippen molar-refractivity contribution in [3.05, 3.63) is 47.8 Å². The molecule has 0 bridgehead atoms. The van der Waals surface area contributed by atoms with Crippen LogP contribution in [0.1, 0.15) is 47.8 Å². The van der Waals surface area contributed by atoms with Gasteiger partial charge in [-0.1, -0.05) is 12.8 Å². The number of aryl methyl sites for hydroxylation is 1. The van der Waals surface area contributed by atoms with Crippen molar-refractivity contribution in [2.24, 2.45) is 7.05 Å². The van der Waals surface area contributed by atoms with Crippen molar-refractivity contribution < 1.29 is 9.59 Å². The van der Waals surface area contributed by atoms with Gasteiger partial charge in [0.1, 0.15) is 0 Å². The third-order valence-corrected chi connectivity index (χ3v) is 6.27. The molecule has 1 aromatic heterocycles. The van der Waals surface area contributed by atoms with E-state index >= 15 is 0 Å². The van der Waals surface area contributed by atoms with Crippen LogP contribution in [0.25, 0.3) is 0 Å². The van der Waals surface area contributed by atoms with E-state index in [1.54, 1.807) is 0 Å². The van der Waals surface area contributed by atoms with Gasteiger partial charge in [-0.05, 0) is 43.2 Å². The summed E-state index contributed by atoms with van der Waals surface area (Å²) in [4.78, 5) is 28.0. The highest BCUT2D eigenvalue weighted by Crippen LogP contribution is 2.35. The first-order chi connectivity index (χ1) is 12.6. The van der Waals surface area contributed by atoms with Crippen LogP contribution in [0.5, 0.6) is 0 Å². The number of rotatable bonds is 2. The molecule has 136 valence electrons. The summed E-state index contributed by atoms with van der Waals surface area (Å²) in [5, 5.41) is 2.88. The molecule has 1 saturated heterocycles. The molecule has 0 spiro atoms. The van der Waals surface area contributed by atoms with Gasteiger partial charge in [-0.3, -0.25) is 9.59 Å². The first kappa shape index (κ1) is 17.2. The zero-order chi connectivity index (χ0) is 18.1. The number of fused-ring (bicyclic) bond motifs is 1. The van der Waals surface area contributed by atoms with E-state index in [0.29, 0.717) is 11.3 Å². The molecule has 1 fully saturated rings. The minimum Gasteiger partial charge on any atom is -0.353 e. The van der Waals surface area contributed by atoms with Gasteiger partial charge in [0.25, 0.3) is 5.91 Å². The van der Waals surface area contributed by atoms with Gasteiger partial charge in [0, 0.05) is 35.9 Å². The van der Waals surface area contributed by atoms with Crippen molar-refractivity contribution in [2.75, 3.05) is 17.6 Å². The molecule has 1 aromatic carbocycles. The molecule has 0 saturated carbocycles. The van der Waals surface area contributed by atoms with E-state index < -0.39 is 0 Å². The molecule has 26 heavy (non-hydrogen) atoms. The van der Waals surface area contributed by atoms with E-state index in [1.165, 1.54) is 17.5 Å². The van der Waals surface area contributed by atoms with Gasteiger partial charge in [0.15, 0.2) is 0 Å². The topological polar surface area (TPSA) is 54.3 Å². The van der Waals surface area contributed by atoms with Crippen LogP contribution >= 0.6 is 11.8 Å². The Balaban J connectivity index is 1.65. The molecular formula is C20H23N3O2S. The van der Waals surface area contributed by atoms with E-state index in [0.717, 1.165) is 42.8 Å². The van der Waals surface area contributed by atoms with Crippen LogP contribution in [-0.4, -0.2) is 33.6 Å². The molecule has 6 heteroatoms. The molecule has 2 aliphatic heterocycles. The Bertz CT molecular complexity index is 845. The molecule has 5 nitrogen and oxygen atoms in total. The summed E-state index contributed by atoms with van der Waals surface area (Å²) in [6, 6.07) is 9.91. The molecule has 3 heterocycles. The molecule has 4 rings (SSSR count). The fourth-order valence-corrected chi connectivity index (χ4v) is 4.65. The second kappa shape index (κ2) is 7.19. The van der Waals surface area contributed by atoms with E-state index in [9.17, 15) is 9.59 Å². The lowest BCUT2D eigenvalue weighted by Gasteiger charge is -2.31. The number of amides is 2. The molecule has 0 aliphatic carbocycles. The zero-order valence-electron chi connectivity index (χ0n) is 14.9. The lowest BCUT2D eigenvalue weighted by molar-refractivity contribution is -0.113. The third kappa shape index (κ3) is 3.26. The van der Waals surface area contributed by atoms with Crippen LogP contribution in [0.2, 0.25) is 0 Å². The Morgan fingerprint density at radius 3 is 2.92 bits per heavy atom. The molecule has 2 aromatic rings. The average molecular weight is 369 g/mol. The van der Waals surface area contributed by atoms with Crippen molar-refractivity contribution in [2.45, 2.75) is 36.6 Å². The second-order valence-corrected chi connectivity index (χ2v) is 7.97. The minimum atomic E-state index is -0.0106. The highest BCUT2D eigenvalue weighted by atomic mass is 32.2. The minimum absolute atomic E-state index is 0.0106. The number of anilines is 1. The number of nitrogens with one attached hydrogen (secondary N) is 1. The zero-order valence-corrected chi connectivity index (χ0v) is 15.7. The van der Waals surface area contributed by atoms with Crippen molar-refractivity contribution in [1.82, 2.24) is 9.47 Å². The van der Waals surface area contributed by atoms with Crippen molar-refractivity contribution >= 4 is 29.3 Å². The lowest BCUT2D eigenvalue weighted by Crippen LogP contribution is -2.35. The summed E-state index contributed by atoms with van der Waals surface area (Å²) < 4.78 is 2.11. The Morgan fingerprint density at radius 1 is 1.23 bits per heavy atom. The number of thioether (sulfide) groups is 1. The summed E-state index contributed by atoms with van der Waals surface area (Å²) in [5.74, 6) is 0.469. The summed E-state index contributed by atoms with van der Waals surface area (Å²) in [6.07, 6.45) is 6.35. The average Bonchev–Trinajstić information content (AvgIpc) is 2.92.